The Hall–Kier alpha value is -2.04. The highest BCUT2D eigenvalue weighted by Gasteiger charge is 2.23. The van der Waals surface area contributed by atoms with Gasteiger partial charge in [0, 0.05) is 44.5 Å². The summed E-state index contributed by atoms with van der Waals surface area (Å²) >= 11 is 1.81. The van der Waals surface area contributed by atoms with E-state index in [1.165, 1.54) is 11.3 Å². The molecule has 0 aliphatic carbocycles. The number of nitrogens with zero attached hydrogens (tertiary/aromatic N) is 3. The van der Waals surface area contributed by atoms with E-state index in [4.69, 9.17) is 0 Å². The summed E-state index contributed by atoms with van der Waals surface area (Å²) in [6.07, 6.45) is 3.03. The lowest BCUT2D eigenvalue weighted by molar-refractivity contribution is 0.245. The molecular weight excluding hydrogens is 338 g/mol. The summed E-state index contributed by atoms with van der Waals surface area (Å²) in [6.45, 7) is 8.96. The Morgan fingerprint density at radius 2 is 1.62 bits per heavy atom. The molecule has 0 aromatic heterocycles. The molecule has 3 nitrogen and oxygen atoms in total. The molecule has 1 fully saturated rings. The van der Waals surface area contributed by atoms with Crippen LogP contribution in [0, 0.1) is 0 Å². The standard InChI is InChI=1S/C22H27N3S/c1-2-26-22(13-14-23-19-20-9-5-3-6-10-20)25-17-15-24(16-18-25)21-11-7-4-8-12-21/h2-12,14,22H,1,13,15-19H2. The quantitative estimate of drug-likeness (QED) is 0.633. The molecule has 0 spiro atoms. The molecule has 0 amide bonds. The minimum Gasteiger partial charge on any atom is -0.369 e. The van der Waals surface area contributed by atoms with Crippen LogP contribution in [0.1, 0.15) is 12.0 Å². The van der Waals surface area contributed by atoms with Crippen LogP contribution in [0.3, 0.4) is 0 Å². The van der Waals surface area contributed by atoms with E-state index >= 15 is 0 Å². The number of aliphatic imine (C=N–C) groups is 1. The third-order valence-corrected chi connectivity index (χ3v) is 5.65. The molecule has 1 unspecified atom stereocenters. The second-order valence-corrected chi connectivity index (χ2v) is 7.51. The number of thioether (sulfide) groups is 1. The average Bonchev–Trinajstić information content (AvgIpc) is 2.72. The van der Waals surface area contributed by atoms with Gasteiger partial charge in [-0.15, -0.1) is 11.8 Å². The highest BCUT2D eigenvalue weighted by Crippen LogP contribution is 2.23. The van der Waals surface area contributed by atoms with E-state index in [-0.39, 0.29) is 0 Å². The van der Waals surface area contributed by atoms with E-state index in [2.05, 4.69) is 82.2 Å². The fourth-order valence-electron chi connectivity index (χ4n) is 3.23. The van der Waals surface area contributed by atoms with Crippen molar-refractivity contribution in [2.45, 2.75) is 18.3 Å². The predicted molar refractivity (Wildman–Crippen MR) is 115 cm³/mol. The van der Waals surface area contributed by atoms with Crippen LogP contribution in [0.4, 0.5) is 5.69 Å². The second kappa shape index (κ2) is 10.2. The molecular formula is C22H27N3S. The highest BCUT2D eigenvalue weighted by molar-refractivity contribution is 8.02. The molecule has 4 heteroatoms. The molecule has 0 bridgehead atoms. The Morgan fingerprint density at radius 3 is 2.27 bits per heavy atom. The summed E-state index contributed by atoms with van der Waals surface area (Å²) in [7, 11) is 0. The van der Waals surface area contributed by atoms with Gasteiger partial charge in [-0.25, -0.2) is 0 Å². The van der Waals surface area contributed by atoms with Crippen LogP contribution in [0.2, 0.25) is 0 Å². The zero-order chi connectivity index (χ0) is 18.0. The third kappa shape index (κ3) is 5.48. The number of rotatable bonds is 8. The van der Waals surface area contributed by atoms with Gasteiger partial charge in [0.1, 0.15) is 0 Å². The maximum absolute atomic E-state index is 4.61. The summed E-state index contributed by atoms with van der Waals surface area (Å²) in [6, 6.07) is 21.1. The largest absolute Gasteiger partial charge is 0.369 e. The van der Waals surface area contributed by atoms with Gasteiger partial charge in [-0.3, -0.25) is 9.89 Å². The van der Waals surface area contributed by atoms with Crippen LogP contribution in [0.5, 0.6) is 0 Å². The molecule has 2 aromatic rings. The van der Waals surface area contributed by atoms with Crippen LogP contribution in [0.25, 0.3) is 0 Å². The Morgan fingerprint density at radius 1 is 0.962 bits per heavy atom. The fourth-order valence-corrected chi connectivity index (χ4v) is 4.03. The first-order chi connectivity index (χ1) is 12.9. The van der Waals surface area contributed by atoms with Gasteiger partial charge < -0.3 is 4.90 Å². The fraction of sp³-hybridized carbons (Fsp3) is 0.318. The molecule has 1 aliphatic heterocycles. The molecule has 0 saturated carbocycles. The molecule has 3 rings (SSSR count). The Bertz CT molecular complexity index is 679. The smallest absolute Gasteiger partial charge is 0.0649 e. The van der Waals surface area contributed by atoms with Gasteiger partial charge in [-0.2, -0.15) is 0 Å². The van der Waals surface area contributed by atoms with E-state index in [9.17, 15) is 0 Å². The lowest BCUT2D eigenvalue weighted by Gasteiger charge is -2.39. The zero-order valence-corrected chi connectivity index (χ0v) is 16.0. The normalized spacial score (nSPS) is 16.7. The minimum atomic E-state index is 0.421. The van der Waals surface area contributed by atoms with E-state index < -0.39 is 0 Å². The SMILES string of the molecule is C=CSC(CC=NCc1ccccc1)N1CCN(c2ccccc2)CC1. The summed E-state index contributed by atoms with van der Waals surface area (Å²) in [5.41, 5.74) is 2.58. The topological polar surface area (TPSA) is 18.8 Å². The number of hydrogen-bond donors (Lipinski definition) is 0. The zero-order valence-electron chi connectivity index (χ0n) is 15.2. The minimum absolute atomic E-state index is 0.421. The number of para-hydroxylation sites is 1. The first-order valence-corrected chi connectivity index (χ1v) is 10.1. The van der Waals surface area contributed by atoms with Crippen molar-refractivity contribution < 1.29 is 0 Å². The van der Waals surface area contributed by atoms with Crippen molar-refractivity contribution in [3.05, 3.63) is 78.2 Å². The van der Waals surface area contributed by atoms with Crippen molar-refractivity contribution >= 4 is 23.7 Å². The number of piperazine rings is 1. The van der Waals surface area contributed by atoms with E-state index in [1.807, 2.05) is 11.5 Å². The molecule has 0 N–H and O–H groups in total. The molecule has 1 heterocycles. The van der Waals surface area contributed by atoms with Crippen molar-refractivity contribution in [1.82, 2.24) is 4.90 Å². The molecule has 1 atom stereocenters. The van der Waals surface area contributed by atoms with Crippen LogP contribution in [-0.2, 0) is 6.54 Å². The molecule has 136 valence electrons. The monoisotopic (exact) mass is 365 g/mol. The lowest BCUT2D eigenvalue weighted by Crippen LogP contribution is -2.49. The second-order valence-electron chi connectivity index (χ2n) is 6.36. The van der Waals surface area contributed by atoms with E-state index in [0.29, 0.717) is 5.37 Å². The maximum Gasteiger partial charge on any atom is 0.0649 e. The Labute approximate surface area is 161 Å². The number of anilines is 1. The van der Waals surface area contributed by atoms with Crippen molar-refractivity contribution in [3.8, 4) is 0 Å². The highest BCUT2D eigenvalue weighted by atomic mass is 32.2. The summed E-state index contributed by atoms with van der Waals surface area (Å²) in [5.74, 6) is 0. The van der Waals surface area contributed by atoms with Crippen LogP contribution in [-0.4, -0.2) is 42.7 Å². The predicted octanol–water partition coefficient (Wildman–Crippen LogP) is 4.67. The molecule has 0 radical (unpaired) electrons. The first-order valence-electron chi connectivity index (χ1n) is 9.19. The average molecular weight is 366 g/mol. The van der Waals surface area contributed by atoms with Crippen LogP contribution < -0.4 is 4.90 Å². The Kier molecular flexibility index (Phi) is 7.35. The Balaban J connectivity index is 1.49. The van der Waals surface area contributed by atoms with Crippen molar-refractivity contribution in [2.75, 3.05) is 31.1 Å². The van der Waals surface area contributed by atoms with Gasteiger partial charge in [0.05, 0.1) is 11.9 Å². The van der Waals surface area contributed by atoms with E-state index in [1.54, 1.807) is 11.8 Å². The molecule has 1 saturated heterocycles. The third-order valence-electron chi connectivity index (χ3n) is 4.65. The first kappa shape index (κ1) is 18.7. The van der Waals surface area contributed by atoms with Gasteiger partial charge in [0.15, 0.2) is 0 Å². The van der Waals surface area contributed by atoms with Crippen molar-refractivity contribution in [3.63, 3.8) is 0 Å². The summed E-state index contributed by atoms with van der Waals surface area (Å²) in [5, 5.41) is 2.38. The number of benzene rings is 2. The van der Waals surface area contributed by atoms with Gasteiger partial charge in [-0.1, -0.05) is 55.1 Å². The van der Waals surface area contributed by atoms with Crippen LogP contribution >= 0.6 is 11.8 Å². The van der Waals surface area contributed by atoms with Gasteiger partial charge in [-0.05, 0) is 23.1 Å². The van der Waals surface area contributed by atoms with E-state index in [0.717, 1.165) is 39.1 Å². The lowest BCUT2D eigenvalue weighted by atomic mass is 10.2. The summed E-state index contributed by atoms with van der Waals surface area (Å²) < 4.78 is 0. The molecule has 1 aliphatic rings. The van der Waals surface area contributed by atoms with Gasteiger partial charge in [0.25, 0.3) is 0 Å². The summed E-state index contributed by atoms with van der Waals surface area (Å²) in [4.78, 5) is 9.64. The maximum atomic E-state index is 4.61. The van der Waals surface area contributed by atoms with Gasteiger partial charge in [0.2, 0.25) is 0 Å². The van der Waals surface area contributed by atoms with Crippen molar-refractivity contribution in [1.29, 1.82) is 0 Å². The van der Waals surface area contributed by atoms with Crippen molar-refractivity contribution in [2.24, 2.45) is 4.99 Å². The molecule has 26 heavy (non-hydrogen) atoms. The van der Waals surface area contributed by atoms with Crippen LogP contribution in [0.15, 0.2) is 77.6 Å². The van der Waals surface area contributed by atoms with Gasteiger partial charge >= 0.3 is 0 Å². The number of hydrogen-bond acceptors (Lipinski definition) is 4. The molecule has 2 aromatic carbocycles.